The summed E-state index contributed by atoms with van der Waals surface area (Å²) in [5.74, 6) is 0. The second-order valence-corrected chi connectivity index (χ2v) is 4.06. The fraction of sp³-hybridized carbons (Fsp3) is 1.00. The number of nitrogens with one attached hydrogen (secondary N) is 1. The summed E-state index contributed by atoms with van der Waals surface area (Å²) in [5.41, 5.74) is 5.66. The van der Waals surface area contributed by atoms with Crippen molar-refractivity contribution in [3.8, 4) is 0 Å². The third-order valence-corrected chi connectivity index (χ3v) is 2.62. The summed E-state index contributed by atoms with van der Waals surface area (Å²) >= 11 is 0. The van der Waals surface area contributed by atoms with E-state index in [2.05, 4.69) is 12.2 Å². The van der Waals surface area contributed by atoms with E-state index < -0.39 is 0 Å². The van der Waals surface area contributed by atoms with E-state index in [0.717, 1.165) is 19.0 Å². The Morgan fingerprint density at radius 2 is 2.08 bits per heavy atom. The maximum absolute atomic E-state index is 5.66. The summed E-state index contributed by atoms with van der Waals surface area (Å²) in [5, 5.41) is 3.58. The largest absolute Gasteiger partial charge is 0.328 e. The minimum absolute atomic E-state index is 0.371. The lowest BCUT2D eigenvalue weighted by Gasteiger charge is -2.11. The van der Waals surface area contributed by atoms with Gasteiger partial charge in [-0.1, -0.05) is 12.8 Å². The van der Waals surface area contributed by atoms with Gasteiger partial charge in [0.1, 0.15) is 0 Å². The van der Waals surface area contributed by atoms with Crippen LogP contribution in [0.25, 0.3) is 0 Å². The maximum atomic E-state index is 5.66. The van der Waals surface area contributed by atoms with Gasteiger partial charge in [-0.25, -0.2) is 0 Å². The molecule has 0 amide bonds. The Morgan fingerprint density at radius 3 is 2.67 bits per heavy atom. The van der Waals surface area contributed by atoms with Crippen molar-refractivity contribution in [3.05, 3.63) is 0 Å². The van der Waals surface area contributed by atoms with Gasteiger partial charge in [-0.2, -0.15) is 0 Å². The quantitative estimate of drug-likeness (QED) is 0.616. The van der Waals surface area contributed by atoms with Gasteiger partial charge in [-0.3, -0.25) is 0 Å². The summed E-state index contributed by atoms with van der Waals surface area (Å²) < 4.78 is 0. The molecule has 1 aliphatic rings. The Balaban J connectivity index is 1.88. The molecule has 0 bridgehead atoms. The fourth-order valence-electron chi connectivity index (χ4n) is 1.86. The van der Waals surface area contributed by atoms with Crippen LogP contribution in [0.1, 0.15) is 45.4 Å². The fourth-order valence-corrected chi connectivity index (χ4v) is 1.86. The summed E-state index contributed by atoms with van der Waals surface area (Å²) in [6.45, 7) is 3.24. The van der Waals surface area contributed by atoms with Crippen molar-refractivity contribution in [2.75, 3.05) is 6.54 Å². The highest BCUT2D eigenvalue weighted by atomic mass is 14.9. The lowest BCUT2D eigenvalue weighted by molar-refractivity contribution is 0.495. The van der Waals surface area contributed by atoms with Crippen LogP contribution in [-0.2, 0) is 0 Å². The zero-order valence-electron chi connectivity index (χ0n) is 8.18. The van der Waals surface area contributed by atoms with Crippen LogP contribution in [0.2, 0.25) is 0 Å². The first-order valence-corrected chi connectivity index (χ1v) is 5.28. The van der Waals surface area contributed by atoms with Crippen molar-refractivity contribution in [1.29, 1.82) is 0 Å². The number of rotatable bonds is 5. The number of hydrogen-bond acceptors (Lipinski definition) is 2. The van der Waals surface area contributed by atoms with Gasteiger partial charge in [0.05, 0.1) is 0 Å². The molecule has 0 saturated heterocycles. The third kappa shape index (κ3) is 4.07. The molecule has 1 atom stereocenters. The van der Waals surface area contributed by atoms with Crippen LogP contribution in [0.4, 0.5) is 0 Å². The molecule has 0 aromatic heterocycles. The van der Waals surface area contributed by atoms with Crippen LogP contribution in [0.3, 0.4) is 0 Å². The Kier molecular flexibility index (Phi) is 4.62. The van der Waals surface area contributed by atoms with Crippen molar-refractivity contribution in [2.24, 2.45) is 5.73 Å². The first kappa shape index (κ1) is 10.0. The van der Waals surface area contributed by atoms with Crippen molar-refractivity contribution in [1.82, 2.24) is 5.32 Å². The van der Waals surface area contributed by atoms with Crippen molar-refractivity contribution in [3.63, 3.8) is 0 Å². The first-order chi connectivity index (χ1) is 5.79. The first-order valence-electron chi connectivity index (χ1n) is 5.28. The molecule has 1 saturated carbocycles. The SMILES string of the molecule is CC(N)CCCNC1CCCC1. The summed E-state index contributed by atoms with van der Waals surface area (Å²) in [4.78, 5) is 0. The highest BCUT2D eigenvalue weighted by Crippen LogP contribution is 2.17. The minimum atomic E-state index is 0.371. The van der Waals surface area contributed by atoms with Crippen LogP contribution < -0.4 is 11.1 Å². The molecule has 72 valence electrons. The molecule has 0 heterocycles. The second kappa shape index (κ2) is 5.55. The summed E-state index contributed by atoms with van der Waals surface area (Å²) in [6.07, 6.45) is 8.00. The van der Waals surface area contributed by atoms with E-state index in [1.54, 1.807) is 0 Å². The van der Waals surface area contributed by atoms with Crippen molar-refractivity contribution < 1.29 is 0 Å². The Morgan fingerprint density at radius 1 is 1.42 bits per heavy atom. The monoisotopic (exact) mass is 170 g/mol. The topological polar surface area (TPSA) is 38.0 Å². The van der Waals surface area contributed by atoms with E-state index in [9.17, 15) is 0 Å². The van der Waals surface area contributed by atoms with Gasteiger partial charge >= 0.3 is 0 Å². The Hall–Kier alpha value is -0.0800. The van der Waals surface area contributed by atoms with E-state index in [0.29, 0.717) is 6.04 Å². The smallest absolute Gasteiger partial charge is 0.00670 e. The van der Waals surface area contributed by atoms with E-state index in [-0.39, 0.29) is 0 Å². The maximum Gasteiger partial charge on any atom is 0.00670 e. The van der Waals surface area contributed by atoms with Crippen LogP contribution in [0.15, 0.2) is 0 Å². The van der Waals surface area contributed by atoms with Crippen LogP contribution >= 0.6 is 0 Å². The molecule has 1 unspecified atom stereocenters. The summed E-state index contributed by atoms with van der Waals surface area (Å²) in [7, 11) is 0. The van der Waals surface area contributed by atoms with Gasteiger partial charge in [0.25, 0.3) is 0 Å². The van der Waals surface area contributed by atoms with Gasteiger partial charge < -0.3 is 11.1 Å². The predicted molar refractivity (Wildman–Crippen MR) is 53.1 cm³/mol. The molecule has 1 aliphatic carbocycles. The van der Waals surface area contributed by atoms with Crippen LogP contribution in [-0.4, -0.2) is 18.6 Å². The molecule has 3 N–H and O–H groups in total. The standard InChI is InChI=1S/C10H22N2/c1-9(11)5-4-8-12-10-6-2-3-7-10/h9-10,12H,2-8,11H2,1H3. The molecular formula is C10H22N2. The van der Waals surface area contributed by atoms with Gasteiger partial charge in [-0.15, -0.1) is 0 Å². The normalized spacial score (nSPS) is 21.5. The highest BCUT2D eigenvalue weighted by molar-refractivity contribution is 4.73. The zero-order valence-corrected chi connectivity index (χ0v) is 8.18. The van der Waals surface area contributed by atoms with E-state index in [1.165, 1.54) is 32.1 Å². The molecular weight excluding hydrogens is 148 g/mol. The molecule has 1 fully saturated rings. The highest BCUT2D eigenvalue weighted by Gasteiger charge is 2.12. The third-order valence-electron chi connectivity index (χ3n) is 2.62. The van der Waals surface area contributed by atoms with Gasteiger partial charge in [0.2, 0.25) is 0 Å². The number of nitrogens with two attached hydrogens (primary N) is 1. The lowest BCUT2D eigenvalue weighted by atomic mass is 10.2. The minimum Gasteiger partial charge on any atom is -0.328 e. The van der Waals surface area contributed by atoms with Crippen molar-refractivity contribution >= 4 is 0 Å². The lowest BCUT2D eigenvalue weighted by Crippen LogP contribution is -2.28. The molecule has 0 aliphatic heterocycles. The molecule has 2 nitrogen and oxygen atoms in total. The van der Waals surface area contributed by atoms with E-state index >= 15 is 0 Å². The van der Waals surface area contributed by atoms with Crippen LogP contribution in [0, 0.1) is 0 Å². The average molecular weight is 170 g/mol. The molecule has 0 aromatic carbocycles. The van der Waals surface area contributed by atoms with Gasteiger partial charge in [0, 0.05) is 12.1 Å². The Bertz CT molecular complexity index is 106. The second-order valence-electron chi connectivity index (χ2n) is 4.06. The molecule has 12 heavy (non-hydrogen) atoms. The molecule has 2 heteroatoms. The summed E-state index contributed by atoms with van der Waals surface area (Å²) in [6, 6.07) is 1.19. The van der Waals surface area contributed by atoms with Crippen LogP contribution in [0.5, 0.6) is 0 Å². The van der Waals surface area contributed by atoms with Crippen molar-refractivity contribution in [2.45, 2.75) is 57.5 Å². The molecule has 1 rings (SSSR count). The van der Waals surface area contributed by atoms with Gasteiger partial charge in [0.15, 0.2) is 0 Å². The molecule has 0 spiro atoms. The van der Waals surface area contributed by atoms with E-state index in [1.807, 2.05) is 0 Å². The number of hydrogen-bond donors (Lipinski definition) is 2. The van der Waals surface area contributed by atoms with Gasteiger partial charge in [-0.05, 0) is 39.2 Å². The molecule has 0 radical (unpaired) electrons. The Labute approximate surface area is 75.9 Å². The zero-order chi connectivity index (χ0) is 8.81. The molecule has 0 aromatic rings. The average Bonchev–Trinajstić information content (AvgIpc) is 2.49. The van der Waals surface area contributed by atoms with E-state index in [4.69, 9.17) is 5.73 Å². The predicted octanol–water partition coefficient (Wildman–Crippen LogP) is 1.65.